The number of thioether (sulfide) groups is 1. The van der Waals surface area contributed by atoms with E-state index in [2.05, 4.69) is 0 Å². The third-order valence-corrected chi connectivity index (χ3v) is 4.94. The highest BCUT2D eigenvalue weighted by Gasteiger charge is 2.37. The Kier molecular flexibility index (Phi) is 6.21. The average Bonchev–Trinajstić information content (AvgIpc) is 3.28. The Morgan fingerprint density at radius 2 is 2.07 bits per heavy atom. The van der Waals surface area contributed by atoms with Gasteiger partial charge in [-0.1, -0.05) is 0 Å². The number of carbonyl (C=O) groups excluding carboxylic acids is 3. The standard InChI is InChI=1S/C19H16N2O8S/c1-3-28-17(22)10-20-18(23)16(30-19(20)24)9-12-5-7-15(29-12)13-6-4-11(27-2)8-14(13)21(25)26/h4-9H,3,10H2,1-2H3/b16-9+. The van der Waals surface area contributed by atoms with E-state index in [1.807, 2.05) is 0 Å². The molecule has 2 aromatic rings. The molecule has 1 aromatic carbocycles. The highest BCUT2D eigenvalue weighted by Crippen LogP contribution is 2.36. The number of methoxy groups -OCH3 is 1. The number of hydrogen-bond donors (Lipinski definition) is 0. The van der Waals surface area contributed by atoms with E-state index >= 15 is 0 Å². The van der Waals surface area contributed by atoms with Gasteiger partial charge in [0, 0.05) is 6.08 Å². The number of furan rings is 1. The van der Waals surface area contributed by atoms with E-state index in [0.717, 1.165) is 4.90 Å². The Bertz CT molecular complexity index is 1060. The van der Waals surface area contributed by atoms with Crippen LogP contribution in [-0.2, 0) is 14.3 Å². The highest BCUT2D eigenvalue weighted by molar-refractivity contribution is 8.18. The summed E-state index contributed by atoms with van der Waals surface area (Å²) in [5, 5.41) is 10.8. The molecule has 1 aliphatic heterocycles. The minimum Gasteiger partial charge on any atom is -0.497 e. The lowest BCUT2D eigenvalue weighted by molar-refractivity contribution is -0.384. The number of rotatable bonds is 7. The van der Waals surface area contributed by atoms with Crippen molar-refractivity contribution in [1.29, 1.82) is 0 Å². The lowest BCUT2D eigenvalue weighted by atomic mass is 10.1. The molecule has 2 heterocycles. The molecule has 0 N–H and O–H groups in total. The Balaban J connectivity index is 1.85. The van der Waals surface area contributed by atoms with E-state index in [1.165, 1.54) is 37.5 Å². The maximum Gasteiger partial charge on any atom is 0.326 e. The molecular weight excluding hydrogens is 416 g/mol. The van der Waals surface area contributed by atoms with Gasteiger partial charge in [0.1, 0.15) is 23.8 Å². The second-order valence-corrected chi connectivity index (χ2v) is 6.91. The molecule has 0 unspecified atom stereocenters. The van der Waals surface area contributed by atoms with E-state index in [4.69, 9.17) is 13.9 Å². The molecule has 10 nitrogen and oxygen atoms in total. The fourth-order valence-electron chi connectivity index (χ4n) is 2.67. The van der Waals surface area contributed by atoms with Gasteiger partial charge < -0.3 is 13.9 Å². The molecule has 0 atom stereocenters. The molecule has 2 amide bonds. The summed E-state index contributed by atoms with van der Waals surface area (Å²) in [4.78, 5) is 47.7. The molecule has 0 bridgehead atoms. The minimum atomic E-state index is -0.687. The Morgan fingerprint density at radius 1 is 1.30 bits per heavy atom. The molecule has 30 heavy (non-hydrogen) atoms. The fraction of sp³-hybridized carbons (Fsp3) is 0.211. The number of carbonyl (C=O) groups is 3. The molecule has 1 aliphatic rings. The van der Waals surface area contributed by atoms with E-state index in [9.17, 15) is 24.5 Å². The Morgan fingerprint density at radius 3 is 2.73 bits per heavy atom. The fourth-order valence-corrected chi connectivity index (χ4v) is 3.49. The zero-order valence-electron chi connectivity index (χ0n) is 15.9. The summed E-state index contributed by atoms with van der Waals surface area (Å²) < 4.78 is 15.4. The van der Waals surface area contributed by atoms with Crippen molar-refractivity contribution in [2.24, 2.45) is 0 Å². The number of imide groups is 1. The van der Waals surface area contributed by atoms with Gasteiger partial charge in [0.2, 0.25) is 0 Å². The maximum atomic E-state index is 12.4. The Labute approximate surface area is 174 Å². The Hall–Kier alpha value is -3.60. The van der Waals surface area contributed by atoms with Gasteiger partial charge in [-0.15, -0.1) is 0 Å². The van der Waals surface area contributed by atoms with Crippen LogP contribution in [0.15, 0.2) is 39.7 Å². The van der Waals surface area contributed by atoms with Crippen molar-refractivity contribution in [2.75, 3.05) is 20.3 Å². The first-order valence-electron chi connectivity index (χ1n) is 8.67. The number of nitro groups is 1. The monoisotopic (exact) mass is 432 g/mol. The number of benzene rings is 1. The maximum absolute atomic E-state index is 12.4. The molecule has 1 saturated heterocycles. The lowest BCUT2D eigenvalue weighted by Gasteiger charge is -2.10. The molecule has 3 rings (SSSR count). The number of hydrogen-bond acceptors (Lipinski definition) is 9. The zero-order chi connectivity index (χ0) is 21.8. The molecule has 0 spiro atoms. The van der Waals surface area contributed by atoms with E-state index < -0.39 is 28.6 Å². The number of esters is 1. The normalized spacial score (nSPS) is 15.0. The smallest absolute Gasteiger partial charge is 0.326 e. The predicted octanol–water partition coefficient (Wildman–Crippen LogP) is 3.46. The van der Waals surface area contributed by atoms with Gasteiger partial charge in [0.25, 0.3) is 16.8 Å². The van der Waals surface area contributed by atoms with Gasteiger partial charge in [0.05, 0.1) is 35.2 Å². The van der Waals surface area contributed by atoms with E-state index in [1.54, 1.807) is 13.0 Å². The van der Waals surface area contributed by atoms with Crippen molar-refractivity contribution >= 4 is 40.6 Å². The van der Waals surface area contributed by atoms with Crippen LogP contribution in [0.25, 0.3) is 17.4 Å². The van der Waals surface area contributed by atoms with Crippen LogP contribution in [0.2, 0.25) is 0 Å². The van der Waals surface area contributed by atoms with Crippen LogP contribution in [0.4, 0.5) is 10.5 Å². The topological polar surface area (TPSA) is 129 Å². The predicted molar refractivity (Wildman–Crippen MR) is 107 cm³/mol. The molecular formula is C19H16N2O8S. The van der Waals surface area contributed by atoms with Gasteiger partial charge in [-0.3, -0.25) is 29.4 Å². The van der Waals surface area contributed by atoms with Crippen LogP contribution in [0.3, 0.4) is 0 Å². The molecule has 0 aliphatic carbocycles. The summed E-state index contributed by atoms with van der Waals surface area (Å²) in [6, 6.07) is 7.36. The molecule has 0 radical (unpaired) electrons. The van der Waals surface area contributed by atoms with Gasteiger partial charge >= 0.3 is 5.97 Å². The SMILES string of the molecule is CCOC(=O)CN1C(=O)S/C(=C/c2ccc(-c3ccc(OC)cc3[N+](=O)[O-])o2)C1=O. The van der Waals surface area contributed by atoms with Crippen molar-refractivity contribution < 1.29 is 33.2 Å². The quantitative estimate of drug-likeness (QED) is 0.279. The van der Waals surface area contributed by atoms with Gasteiger partial charge in [-0.25, -0.2) is 0 Å². The van der Waals surface area contributed by atoms with Crippen molar-refractivity contribution in [3.8, 4) is 17.1 Å². The second kappa shape index (κ2) is 8.82. The number of nitrogens with zero attached hydrogens (tertiary/aromatic N) is 2. The lowest BCUT2D eigenvalue weighted by Crippen LogP contribution is -2.34. The third kappa shape index (κ3) is 4.35. The minimum absolute atomic E-state index is 0.0643. The van der Waals surface area contributed by atoms with E-state index in [-0.39, 0.29) is 34.3 Å². The van der Waals surface area contributed by atoms with Crippen LogP contribution in [0.5, 0.6) is 5.75 Å². The summed E-state index contributed by atoms with van der Waals surface area (Å²) in [7, 11) is 1.40. The van der Waals surface area contributed by atoms with Crippen molar-refractivity contribution in [3.63, 3.8) is 0 Å². The van der Waals surface area contributed by atoms with Crippen LogP contribution < -0.4 is 4.74 Å². The molecule has 11 heteroatoms. The molecule has 1 aromatic heterocycles. The van der Waals surface area contributed by atoms with E-state index in [0.29, 0.717) is 17.5 Å². The van der Waals surface area contributed by atoms with Gasteiger partial charge in [-0.2, -0.15) is 0 Å². The van der Waals surface area contributed by atoms with Crippen LogP contribution in [-0.4, -0.2) is 47.2 Å². The van der Waals surface area contributed by atoms with Crippen molar-refractivity contribution in [2.45, 2.75) is 6.92 Å². The first-order chi connectivity index (χ1) is 14.3. The van der Waals surface area contributed by atoms with Crippen LogP contribution in [0.1, 0.15) is 12.7 Å². The summed E-state index contributed by atoms with van der Waals surface area (Å²) in [6.45, 7) is 1.28. The molecule has 156 valence electrons. The summed E-state index contributed by atoms with van der Waals surface area (Å²) in [5.41, 5.74) is 0.0286. The number of amides is 2. The third-order valence-electron chi connectivity index (χ3n) is 4.03. The first kappa shape index (κ1) is 21.1. The summed E-state index contributed by atoms with van der Waals surface area (Å²) >= 11 is 0.661. The highest BCUT2D eigenvalue weighted by atomic mass is 32.2. The largest absolute Gasteiger partial charge is 0.497 e. The van der Waals surface area contributed by atoms with Gasteiger partial charge in [-0.05, 0) is 43.0 Å². The summed E-state index contributed by atoms with van der Waals surface area (Å²) in [5.74, 6) is -0.579. The number of ether oxygens (including phenoxy) is 2. The van der Waals surface area contributed by atoms with Crippen LogP contribution in [0, 0.1) is 10.1 Å². The number of nitro benzene ring substituents is 1. The average molecular weight is 432 g/mol. The first-order valence-corrected chi connectivity index (χ1v) is 9.49. The van der Waals surface area contributed by atoms with Crippen LogP contribution >= 0.6 is 11.8 Å². The second-order valence-electron chi connectivity index (χ2n) is 5.92. The molecule has 0 saturated carbocycles. The molecule has 1 fully saturated rings. The zero-order valence-corrected chi connectivity index (χ0v) is 16.8. The van der Waals surface area contributed by atoms with Crippen molar-refractivity contribution in [1.82, 2.24) is 4.90 Å². The van der Waals surface area contributed by atoms with Gasteiger partial charge in [0.15, 0.2) is 0 Å². The summed E-state index contributed by atoms with van der Waals surface area (Å²) in [6.07, 6.45) is 1.34. The van der Waals surface area contributed by atoms with Crippen molar-refractivity contribution in [3.05, 3.63) is 51.1 Å².